The maximum atomic E-state index is 12.8. The van der Waals surface area contributed by atoms with Crippen LogP contribution in [0.1, 0.15) is 48.1 Å². The third-order valence-corrected chi connectivity index (χ3v) is 5.57. The minimum Gasteiger partial charge on any atom is -0.454 e. The molecule has 4 rings (SSSR count). The van der Waals surface area contributed by atoms with E-state index in [1.165, 1.54) is 25.9 Å². The standard InChI is InChI=1S/C18H24N2O3/c1-12-14-9-16-17(23-11-22-16)10-15(14)18(21)20(12)8-5-13-3-6-19(2)7-4-13/h9-10,12-13H,3-8,11H2,1-2H3. The van der Waals surface area contributed by atoms with Gasteiger partial charge in [-0.15, -0.1) is 0 Å². The summed E-state index contributed by atoms with van der Waals surface area (Å²) in [6, 6.07) is 3.96. The number of rotatable bonds is 3. The van der Waals surface area contributed by atoms with E-state index in [2.05, 4.69) is 18.9 Å². The molecule has 3 aliphatic rings. The van der Waals surface area contributed by atoms with E-state index in [0.717, 1.165) is 35.8 Å². The normalized spacial score (nSPS) is 24.3. The second-order valence-corrected chi connectivity index (χ2v) is 7.00. The Hall–Kier alpha value is -1.75. The molecule has 0 aromatic heterocycles. The molecule has 1 aromatic rings. The first-order valence-electron chi connectivity index (χ1n) is 8.56. The third kappa shape index (κ3) is 2.57. The maximum Gasteiger partial charge on any atom is 0.254 e. The molecule has 0 radical (unpaired) electrons. The van der Waals surface area contributed by atoms with Crippen LogP contribution in [0, 0.1) is 5.92 Å². The number of carbonyl (C=O) groups excluding carboxylic acids is 1. The van der Waals surface area contributed by atoms with Crippen LogP contribution in [0.4, 0.5) is 0 Å². The molecule has 0 N–H and O–H groups in total. The summed E-state index contributed by atoms with van der Waals surface area (Å²) in [6.45, 7) is 5.56. The van der Waals surface area contributed by atoms with Gasteiger partial charge in [0.05, 0.1) is 6.04 Å². The molecule has 3 aliphatic heterocycles. The molecule has 0 spiro atoms. The molecule has 124 valence electrons. The van der Waals surface area contributed by atoms with E-state index in [0.29, 0.717) is 5.75 Å². The molecule has 5 nitrogen and oxygen atoms in total. The van der Waals surface area contributed by atoms with Crippen LogP contribution in [0.15, 0.2) is 12.1 Å². The summed E-state index contributed by atoms with van der Waals surface area (Å²) in [7, 11) is 2.18. The molecule has 5 heteroatoms. The number of hydrogen-bond acceptors (Lipinski definition) is 4. The van der Waals surface area contributed by atoms with E-state index in [1.807, 2.05) is 17.0 Å². The monoisotopic (exact) mass is 316 g/mol. The summed E-state index contributed by atoms with van der Waals surface area (Å²) in [6.07, 6.45) is 3.59. The van der Waals surface area contributed by atoms with Crippen molar-refractivity contribution in [1.82, 2.24) is 9.80 Å². The average Bonchev–Trinajstić information content (AvgIpc) is 3.10. The van der Waals surface area contributed by atoms with Crippen LogP contribution < -0.4 is 9.47 Å². The molecule has 0 saturated carbocycles. The van der Waals surface area contributed by atoms with Crippen molar-refractivity contribution in [3.8, 4) is 11.5 Å². The summed E-state index contributed by atoms with van der Waals surface area (Å²) < 4.78 is 10.9. The van der Waals surface area contributed by atoms with Gasteiger partial charge in [-0.05, 0) is 69.9 Å². The molecule has 1 amide bonds. The molecule has 1 aromatic carbocycles. The molecule has 0 aliphatic carbocycles. The average molecular weight is 316 g/mol. The number of nitrogens with zero attached hydrogens (tertiary/aromatic N) is 2. The lowest BCUT2D eigenvalue weighted by Gasteiger charge is -2.31. The van der Waals surface area contributed by atoms with Crippen LogP contribution in [0.5, 0.6) is 11.5 Å². The highest BCUT2D eigenvalue weighted by atomic mass is 16.7. The van der Waals surface area contributed by atoms with Crippen molar-refractivity contribution in [1.29, 1.82) is 0 Å². The first kappa shape index (κ1) is 14.8. The van der Waals surface area contributed by atoms with Crippen LogP contribution in [-0.2, 0) is 0 Å². The Morgan fingerprint density at radius 1 is 1.17 bits per heavy atom. The summed E-state index contributed by atoms with van der Waals surface area (Å²) >= 11 is 0. The van der Waals surface area contributed by atoms with E-state index in [1.54, 1.807) is 0 Å². The molecular weight excluding hydrogens is 292 g/mol. The second-order valence-electron chi connectivity index (χ2n) is 7.00. The van der Waals surface area contributed by atoms with E-state index in [4.69, 9.17) is 9.47 Å². The first-order valence-corrected chi connectivity index (χ1v) is 8.56. The van der Waals surface area contributed by atoms with Gasteiger partial charge < -0.3 is 19.3 Å². The zero-order valence-electron chi connectivity index (χ0n) is 13.9. The third-order valence-electron chi connectivity index (χ3n) is 5.57. The Labute approximate surface area is 137 Å². The van der Waals surface area contributed by atoms with E-state index < -0.39 is 0 Å². The predicted octanol–water partition coefficient (Wildman–Crippen LogP) is 2.66. The molecule has 1 atom stereocenters. The van der Waals surface area contributed by atoms with Gasteiger partial charge in [-0.25, -0.2) is 0 Å². The van der Waals surface area contributed by atoms with Crippen LogP contribution in [-0.4, -0.2) is 49.2 Å². The lowest BCUT2D eigenvalue weighted by Crippen LogP contribution is -2.33. The molecule has 0 bridgehead atoms. The number of benzene rings is 1. The highest BCUT2D eigenvalue weighted by molar-refractivity contribution is 6.00. The summed E-state index contributed by atoms with van der Waals surface area (Å²) in [4.78, 5) is 17.2. The smallest absolute Gasteiger partial charge is 0.254 e. The van der Waals surface area contributed by atoms with Gasteiger partial charge in [-0.1, -0.05) is 0 Å². The zero-order chi connectivity index (χ0) is 16.0. The van der Waals surface area contributed by atoms with E-state index in [-0.39, 0.29) is 18.7 Å². The largest absolute Gasteiger partial charge is 0.454 e. The number of likely N-dealkylation sites (tertiary alicyclic amines) is 1. The summed E-state index contributed by atoms with van der Waals surface area (Å²) in [5, 5.41) is 0. The molecule has 3 heterocycles. The van der Waals surface area contributed by atoms with Crippen molar-refractivity contribution >= 4 is 5.91 Å². The fourth-order valence-corrected chi connectivity index (χ4v) is 3.95. The van der Waals surface area contributed by atoms with Gasteiger partial charge in [0, 0.05) is 12.1 Å². The fourth-order valence-electron chi connectivity index (χ4n) is 3.95. The van der Waals surface area contributed by atoms with E-state index >= 15 is 0 Å². The lowest BCUT2D eigenvalue weighted by atomic mass is 9.93. The van der Waals surface area contributed by atoms with Gasteiger partial charge in [0.2, 0.25) is 6.79 Å². The van der Waals surface area contributed by atoms with Gasteiger partial charge in [0.15, 0.2) is 11.5 Å². The number of carbonyl (C=O) groups is 1. The summed E-state index contributed by atoms with van der Waals surface area (Å²) in [5.41, 5.74) is 1.85. The quantitative estimate of drug-likeness (QED) is 0.860. The lowest BCUT2D eigenvalue weighted by molar-refractivity contribution is 0.0715. The zero-order valence-corrected chi connectivity index (χ0v) is 13.9. The predicted molar refractivity (Wildman–Crippen MR) is 86.9 cm³/mol. The molecule has 1 unspecified atom stereocenters. The Kier molecular flexibility index (Phi) is 3.68. The molecule has 1 saturated heterocycles. The van der Waals surface area contributed by atoms with Crippen molar-refractivity contribution in [2.24, 2.45) is 5.92 Å². The SMILES string of the molecule is CC1c2cc3c(cc2C(=O)N1CCC1CCN(C)CC1)OCO3. The van der Waals surface area contributed by atoms with Gasteiger partial charge in [-0.2, -0.15) is 0 Å². The van der Waals surface area contributed by atoms with Crippen LogP contribution >= 0.6 is 0 Å². The van der Waals surface area contributed by atoms with Crippen LogP contribution in [0.25, 0.3) is 0 Å². The number of ether oxygens (including phenoxy) is 2. The highest BCUT2D eigenvalue weighted by Gasteiger charge is 2.36. The van der Waals surface area contributed by atoms with Crippen LogP contribution in [0.2, 0.25) is 0 Å². The van der Waals surface area contributed by atoms with Crippen molar-refractivity contribution in [2.45, 2.75) is 32.2 Å². The Morgan fingerprint density at radius 2 is 1.87 bits per heavy atom. The Balaban J connectivity index is 1.45. The number of fused-ring (bicyclic) bond motifs is 2. The molecular formula is C18H24N2O3. The first-order chi connectivity index (χ1) is 11.1. The Morgan fingerprint density at radius 3 is 2.61 bits per heavy atom. The highest BCUT2D eigenvalue weighted by Crippen LogP contribution is 2.42. The van der Waals surface area contributed by atoms with E-state index in [9.17, 15) is 4.79 Å². The number of piperidine rings is 1. The number of amides is 1. The van der Waals surface area contributed by atoms with Gasteiger partial charge in [0.1, 0.15) is 0 Å². The van der Waals surface area contributed by atoms with Gasteiger partial charge >= 0.3 is 0 Å². The minimum atomic E-state index is 0.123. The Bertz CT molecular complexity index is 623. The van der Waals surface area contributed by atoms with Crippen molar-refractivity contribution in [3.63, 3.8) is 0 Å². The maximum absolute atomic E-state index is 12.8. The summed E-state index contributed by atoms with van der Waals surface area (Å²) in [5.74, 6) is 2.34. The molecule has 1 fully saturated rings. The van der Waals surface area contributed by atoms with Crippen molar-refractivity contribution in [2.75, 3.05) is 33.5 Å². The second kappa shape index (κ2) is 5.71. The minimum absolute atomic E-state index is 0.123. The topological polar surface area (TPSA) is 42.0 Å². The number of hydrogen-bond donors (Lipinski definition) is 0. The van der Waals surface area contributed by atoms with Gasteiger partial charge in [0.25, 0.3) is 5.91 Å². The van der Waals surface area contributed by atoms with Crippen molar-refractivity contribution in [3.05, 3.63) is 23.3 Å². The van der Waals surface area contributed by atoms with Crippen molar-refractivity contribution < 1.29 is 14.3 Å². The fraction of sp³-hybridized carbons (Fsp3) is 0.611. The van der Waals surface area contributed by atoms with Crippen LogP contribution in [0.3, 0.4) is 0 Å². The van der Waals surface area contributed by atoms with Gasteiger partial charge in [-0.3, -0.25) is 4.79 Å². The molecule has 23 heavy (non-hydrogen) atoms.